The van der Waals surface area contributed by atoms with Gasteiger partial charge in [0, 0.05) is 44.3 Å². The molecule has 1 aromatic heterocycles. The summed E-state index contributed by atoms with van der Waals surface area (Å²) in [6, 6.07) is 8.46. The minimum atomic E-state index is -0.157. The molecule has 1 N–H and O–H groups in total. The van der Waals surface area contributed by atoms with Gasteiger partial charge in [-0.25, -0.2) is 9.48 Å². The van der Waals surface area contributed by atoms with E-state index in [-0.39, 0.29) is 5.69 Å². The van der Waals surface area contributed by atoms with Crippen LogP contribution in [0.4, 0.5) is 0 Å². The molecule has 1 fully saturated rings. The van der Waals surface area contributed by atoms with E-state index in [1.54, 1.807) is 7.05 Å². The number of halogens is 1. The Labute approximate surface area is 140 Å². The molecule has 1 atom stereocenters. The summed E-state index contributed by atoms with van der Waals surface area (Å²) in [5, 5.41) is 4.97. The predicted molar refractivity (Wildman–Crippen MR) is 90.5 cm³/mol. The Bertz CT molecular complexity index is 700. The van der Waals surface area contributed by atoms with Crippen molar-refractivity contribution in [3.8, 4) is 0 Å². The fraction of sp³-hybridized carbons (Fsp3) is 0.500. The molecule has 1 aliphatic rings. The highest BCUT2D eigenvalue weighted by Crippen LogP contribution is 2.23. The van der Waals surface area contributed by atoms with Gasteiger partial charge < -0.3 is 0 Å². The summed E-state index contributed by atoms with van der Waals surface area (Å²) in [6.45, 7) is 6.86. The maximum absolute atomic E-state index is 11.4. The Morgan fingerprint density at radius 3 is 2.43 bits per heavy atom. The number of aromatic amines is 1. The molecule has 0 saturated carbocycles. The summed E-state index contributed by atoms with van der Waals surface area (Å²) in [4.78, 5) is 19.0. The highest BCUT2D eigenvalue weighted by atomic mass is 35.5. The number of rotatable bonds is 4. The van der Waals surface area contributed by atoms with Crippen molar-refractivity contribution in [2.24, 2.45) is 7.05 Å². The zero-order chi connectivity index (χ0) is 16.4. The molecule has 0 amide bonds. The Balaban J connectivity index is 1.55. The first-order valence-electron chi connectivity index (χ1n) is 7.87. The van der Waals surface area contributed by atoms with Crippen LogP contribution in [0.3, 0.4) is 0 Å². The molecule has 7 heteroatoms. The van der Waals surface area contributed by atoms with Crippen LogP contribution in [0.5, 0.6) is 0 Å². The van der Waals surface area contributed by atoms with E-state index in [9.17, 15) is 4.79 Å². The number of hydrogen-bond acceptors (Lipinski definition) is 4. The van der Waals surface area contributed by atoms with Crippen LogP contribution in [-0.2, 0) is 13.6 Å². The first-order valence-corrected chi connectivity index (χ1v) is 8.25. The standard InChI is InChI=1S/C16H22ClN5O/c1-12(13-3-5-14(17)6-4-13)22-9-7-21(8-10-22)11-15-18-16(23)20(2)19-15/h3-6,12H,7-11H2,1-2H3,(H,18,19,23). The first-order chi connectivity index (χ1) is 11.0. The van der Waals surface area contributed by atoms with Gasteiger partial charge in [-0.05, 0) is 24.6 Å². The van der Waals surface area contributed by atoms with E-state index in [1.165, 1.54) is 10.2 Å². The molecular weight excluding hydrogens is 314 g/mol. The van der Waals surface area contributed by atoms with Crippen LogP contribution in [0, 0.1) is 0 Å². The molecule has 1 aliphatic heterocycles. The monoisotopic (exact) mass is 335 g/mol. The second-order valence-electron chi connectivity index (χ2n) is 6.04. The molecule has 0 aliphatic carbocycles. The number of hydrogen-bond donors (Lipinski definition) is 1. The van der Waals surface area contributed by atoms with Gasteiger partial charge in [0.25, 0.3) is 0 Å². The summed E-state index contributed by atoms with van der Waals surface area (Å²) < 4.78 is 1.34. The molecule has 1 saturated heterocycles. The molecule has 124 valence electrons. The molecule has 6 nitrogen and oxygen atoms in total. The Morgan fingerprint density at radius 2 is 1.87 bits per heavy atom. The quantitative estimate of drug-likeness (QED) is 0.923. The van der Waals surface area contributed by atoms with E-state index < -0.39 is 0 Å². The van der Waals surface area contributed by atoms with Gasteiger partial charge in [0.1, 0.15) is 5.82 Å². The minimum absolute atomic E-state index is 0.157. The number of benzene rings is 1. The Hall–Kier alpha value is -1.63. The lowest BCUT2D eigenvalue weighted by Gasteiger charge is -2.37. The zero-order valence-corrected chi connectivity index (χ0v) is 14.3. The topological polar surface area (TPSA) is 57.2 Å². The van der Waals surface area contributed by atoms with Crippen molar-refractivity contribution in [2.75, 3.05) is 26.2 Å². The lowest BCUT2D eigenvalue weighted by atomic mass is 10.1. The van der Waals surface area contributed by atoms with Crippen molar-refractivity contribution in [3.05, 3.63) is 51.2 Å². The number of nitrogens with one attached hydrogen (secondary N) is 1. The fourth-order valence-electron chi connectivity index (χ4n) is 3.00. The molecule has 1 unspecified atom stereocenters. The average molecular weight is 336 g/mol. The molecule has 0 bridgehead atoms. The second kappa shape index (κ2) is 6.86. The van der Waals surface area contributed by atoms with Gasteiger partial charge >= 0.3 is 5.69 Å². The predicted octanol–water partition coefficient (Wildman–Crippen LogP) is 1.64. The maximum atomic E-state index is 11.4. The van der Waals surface area contributed by atoms with Gasteiger partial charge in [-0.1, -0.05) is 23.7 Å². The number of aryl methyl sites for hydroxylation is 1. The van der Waals surface area contributed by atoms with E-state index in [1.807, 2.05) is 12.1 Å². The Kier molecular flexibility index (Phi) is 4.84. The minimum Gasteiger partial charge on any atom is -0.294 e. The lowest BCUT2D eigenvalue weighted by Crippen LogP contribution is -2.46. The molecule has 2 aromatic rings. The van der Waals surface area contributed by atoms with Gasteiger partial charge in [-0.15, -0.1) is 0 Å². The molecule has 23 heavy (non-hydrogen) atoms. The molecule has 2 heterocycles. The molecule has 1 aromatic carbocycles. The number of piperazine rings is 1. The van der Waals surface area contributed by atoms with Crippen LogP contribution in [-0.4, -0.2) is 50.7 Å². The third-order valence-electron chi connectivity index (χ3n) is 4.50. The van der Waals surface area contributed by atoms with E-state index in [2.05, 4.69) is 38.9 Å². The summed E-state index contributed by atoms with van der Waals surface area (Å²) in [5.41, 5.74) is 1.13. The van der Waals surface area contributed by atoms with Crippen LogP contribution < -0.4 is 5.69 Å². The van der Waals surface area contributed by atoms with Crippen LogP contribution in [0.2, 0.25) is 5.02 Å². The third kappa shape index (κ3) is 3.83. The normalized spacial score (nSPS) is 18.2. The zero-order valence-electron chi connectivity index (χ0n) is 13.5. The van der Waals surface area contributed by atoms with Gasteiger partial charge in [0.15, 0.2) is 0 Å². The van der Waals surface area contributed by atoms with Crippen LogP contribution >= 0.6 is 11.6 Å². The van der Waals surface area contributed by atoms with Gasteiger partial charge in [0.05, 0.1) is 6.54 Å². The van der Waals surface area contributed by atoms with Crippen molar-refractivity contribution >= 4 is 11.6 Å². The van der Waals surface area contributed by atoms with E-state index in [0.29, 0.717) is 12.6 Å². The van der Waals surface area contributed by atoms with Gasteiger partial charge in [0.2, 0.25) is 0 Å². The van der Waals surface area contributed by atoms with Crippen molar-refractivity contribution in [1.29, 1.82) is 0 Å². The third-order valence-corrected chi connectivity index (χ3v) is 4.75. The first kappa shape index (κ1) is 16.2. The van der Waals surface area contributed by atoms with Gasteiger partial charge in [-0.3, -0.25) is 14.8 Å². The average Bonchev–Trinajstić information content (AvgIpc) is 2.86. The highest BCUT2D eigenvalue weighted by molar-refractivity contribution is 6.30. The summed E-state index contributed by atoms with van der Waals surface area (Å²) >= 11 is 5.96. The van der Waals surface area contributed by atoms with Crippen LogP contribution in [0.1, 0.15) is 24.4 Å². The smallest absolute Gasteiger partial charge is 0.294 e. The fourth-order valence-corrected chi connectivity index (χ4v) is 3.13. The second-order valence-corrected chi connectivity index (χ2v) is 6.48. The molecule has 0 spiro atoms. The lowest BCUT2D eigenvalue weighted by molar-refractivity contribution is 0.0962. The number of nitrogens with zero attached hydrogens (tertiary/aromatic N) is 4. The highest BCUT2D eigenvalue weighted by Gasteiger charge is 2.22. The van der Waals surface area contributed by atoms with Crippen molar-refractivity contribution in [2.45, 2.75) is 19.5 Å². The summed E-state index contributed by atoms with van der Waals surface area (Å²) in [5.74, 6) is 0.733. The maximum Gasteiger partial charge on any atom is 0.343 e. The SMILES string of the molecule is CC(c1ccc(Cl)cc1)N1CCN(Cc2nn(C)c(=O)[nH]2)CC1. The summed E-state index contributed by atoms with van der Waals surface area (Å²) in [7, 11) is 1.66. The molecular formula is C16H22ClN5O. The molecule has 3 rings (SSSR count). The van der Waals surface area contributed by atoms with Crippen LogP contribution in [0.25, 0.3) is 0 Å². The van der Waals surface area contributed by atoms with Crippen molar-refractivity contribution < 1.29 is 0 Å². The van der Waals surface area contributed by atoms with E-state index in [0.717, 1.165) is 37.0 Å². The van der Waals surface area contributed by atoms with Crippen molar-refractivity contribution in [3.63, 3.8) is 0 Å². The van der Waals surface area contributed by atoms with Gasteiger partial charge in [-0.2, -0.15) is 5.10 Å². The van der Waals surface area contributed by atoms with E-state index in [4.69, 9.17) is 11.6 Å². The number of aromatic nitrogens is 3. The summed E-state index contributed by atoms with van der Waals surface area (Å²) in [6.07, 6.45) is 0. The Morgan fingerprint density at radius 1 is 1.22 bits per heavy atom. The number of H-pyrrole nitrogens is 1. The molecule has 0 radical (unpaired) electrons. The van der Waals surface area contributed by atoms with Crippen LogP contribution in [0.15, 0.2) is 29.1 Å². The van der Waals surface area contributed by atoms with Crippen molar-refractivity contribution in [1.82, 2.24) is 24.6 Å². The largest absolute Gasteiger partial charge is 0.343 e. The van der Waals surface area contributed by atoms with E-state index >= 15 is 0 Å².